The molecule has 162 valence electrons. The largest absolute Gasteiger partial charge is 0.465 e. The van der Waals surface area contributed by atoms with Gasteiger partial charge in [-0.2, -0.15) is 0 Å². The van der Waals surface area contributed by atoms with Crippen LogP contribution in [-0.2, 0) is 19.0 Å². The first kappa shape index (κ1) is 23.3. The highest BCUT2D eigenvalue weighted by atomic mass is 35.5. The summed E-state index contributed by atoms with van der Waals surface area (Å²) in [5.74, 6) is -3.42. The molecular weight excluding hydrogens is 436 g/mol. The van der Waals surface area contributed by atoms with Gasteiger partial charge < -0.3 is 19.5 Å². The summed E-state index contributed by atoms with van der Waals surface area (Å²) in [5, 5.41) is 13.1. The molecule has 0 fully saturated rings. The molecule has 0 aliphatic rings. The molecule has 0 aliphatic heterocycles. The lowest BCUT2D eigenvalue weighted by Gasteiger charge is -2.12. The Balaban J connectivity index is 2.16. The number of methoxy groups -OCH3 is 2. The first-order chi connectivity index (χ1) is 14.7. The summed E-state index contributed by atoms with van der Waals surface area (Å²) < 4.78 is 14.1. The van der Waals surface area contributed by atoms with Gasteiger partial charge in [-0.3, -0.25) is 14.9 Å². The Labute approximate surface area is 180 Å². The number of esters is 3. The van der Waals surface area contributed by atoms with E-state index < -0.39 is 35.3 Å². The van der Waals surface area contributed by atoms with Crippen LogP contribution in [0, 0.1) is 10.1 Å². The first-order valence-electron chi connectivity index (χ1n) is 8.39. The highest BCUT2D eigenvalue weighted by molar-refractivity contribution is 6.33. The number of nitro benzene ring substituents is 1. The number of anilines is 1. The number of benzene rings is 2. The quantitative estimate of drug-likeness (QED) is 0.290. The molecule has 0 saturated carbocycles. The molecule has 0 radical (unpaired) electrons. The van der Waals surface area contributed by atoms with Crippen molar-refractivity contribution in [2.75, 3.05) is 26.1 Å². The van der Waals surface area contributed by atoms with Crippen molar-refractivity contribution in [3.63, 3.8) is 0 Å². The molecule has 0 aromatic heterocycles. The van der Waals surface area contributed by atoms with Gasteiger partial charge in [0.2, 0.25) is 0 Å². The summed E-state index contributed by atoms with van der Waals surface area (Å²) in [7, 11) is 2.29. The normalized spacial score (nSPS) is 10.0. The highest BCUT2D eigenvalue weighted by Crippen LogP contribution is 2.23. The average molecular weight is 451 g/mol. The van der Waals surface area contributed by atoms with Gasteiger partial charge in [-0.1, -0.05) is 11.6 Å². The number of hydrogen-bond acceptors (Lipinski definition) is 9. The molecule has 2 aromatic rings. The van der Waals surface area contributed by atoms with Crippen molar-refractivity contribution in [2.24, 2.45) is 0 Å². The topological polar surface area (TPSA) is 151 Å². The number of halogens is 1. The molecule has 0 atom stereocenters. The first-order valence-corrected chi connectivity index (χ1v) is 8.77. The van der Waals surface area contributed by atoms with Gasteiger partial charge in [-0.25, -0.2) is 14.4 Å². The second-order valence-electron chi connectivity index (χ2n) is 5.79. The molecule has 1 N–H and O–H groups in total. The predicted molar refractivity (Wildman–Crippen MR) is 106 cm³/mol. The molecule has 11 nitrogen and oxygen atoms in total. The van der Waals surface area contributed by atoms with E-state index in [0.717, 1.165) is 32.4 Å². The van der Waals surface area contributed by atoms with E-state index in [0.29, 0.717) is 0 Å². The number of ether oxygens (including phenoxy) is 3. The van der Waals surface area contributed by atoms with Crippen LogP contribution in [0.4, 0.5) is 11.4 Å². The van der Waals surface area contributed by atoms with Crippen LogP contribution in [0.5, 0.6) is 0 Å². The van der Waals surface area contributed by atoms with Gasteiger partial charge in [0.1, 0.15) is 0 Å². The summed E-state index contributed by atoms with van der Waals surface area (Å²) in [6.07, 6.45) is 0. The van der Waals surface area contributed by atoms with Gasteiger partial charge in [0.15, 0.2) is 6.61 Å². The molecule has 0 aliphatic carbocycles. The number of carbonyl (C=O) groups excluding carboxylic acids is 4. The fourth-order valence-corrected chi connectivity index (χ4v) is 2.55. The molecule has 2 aromatic carbocycles. The molecule has 0 heterocycles. The van der Waals surface area contributed by atoms with Crippen LogP contribution in [-0.4, -0.2) is 49.6 Å². The van der Waals surface area contributed by atoms with Gasteiger partial charge in [-0.05, 0) is 24.3 Å². The van der Waals surface area contributed by atoms with E-state index in [9.17, 15) is 29.3 Å². The molecule has 1 amide bonds. The van der Waals surface area contributed by atoms with E-state index in [2.05, 4.69) is 14.8 Å². The van der Waals surface area contributed by atoms with E-state index in [1.54, 1.807) is 0 Å². The van der Waals surface area contributed by atoms with Crippen LogP contribution >= 0.6 is 11.6 Å². The Morgan fingerprint density at radius 1 is 0.968 bits per heavy atom. The molecule has 0 unspecified atom stereocenters. The number of amides is 1. The van der Waals surface area contributed by atoms with Crippen molar-refractivity contribution in [1.29, 1.82) is 0 Å². The maximum absolute atomic E-state index is 12.2. The molecular formula is C19H15ClN2O9. The summed E-state index contributed by atoms with van der Waals surface area (Å²) >= 11 is 5.85. The van der Waals surface area contributed by atoms with Crippen LogP contribution in [0.3, 0.4) is 0 Å². The molecule has 12 heteroatoms. The third kappa shape index (κ3) is 5.76. The third-order valence-electron chi connectivity index (χ3n) is 3.84. The van der Waals surface area contributed by atoms with Gasteiger partial charge in [0.05, 0.1) is 46.5 Å². The molecule has 0 bridgehead atoms. The maximum Gasteiger partial charge on any atom is 0.340 e. The third-order valence-corrected chi connectivity index (χ3v) is 4.16. The lowest BCUT2D eigenvalue weighted by atomic mass is 10.1. The SMILES string of the molecule is COC(=O)c1ccc(C(=O)OC)c(NC(=O)COC(=O)c2cc([N+](=O)[O-])ccc2Cl)c1. The molecule has 31 heavy (non-hydrogen) atoms. The van der Waals surface area contributed by atoms with E-state index in [-0.39, 0.29) is 33.1 Å². The van der Waals surface area contributed by atoms with Crippen LogP contribution < -0.4 is 5.32 Å². The standard InChI is InChI=1S/C19H15ClN2O9/c1-29-17(24)10-3-5-12(18(25)30-2)15(7-10)21-16(23)9-31-19(26)13-8-11(22(27)28)4-6-14(13)20/h3-8H,9H2,1-2H3,(H,21,23). The van der Waals surface area contributed by atoms with Gasteiger partial charge in [0, 0.05) is 12.1 Å². The van der Waals surface area contributed by atoms with E-state index in [1.807, 2.05) is 0 Å². The zero-order valence-corrected chi connectivity index (χ0v) is 16.9. The number of nitrogens with one attached hydrogen (secondary N) is 1. The second kappa shape index (κ2) is 10.2. The fourth-order valence-electron chi connectivity index (χ4n) is 2.36. The van der Waals surface area contributed by atoms with Gasteiger partial charge >= 0.3 is 17.9 Å². The second-order valence-corrected chi connectivity index (χ2v) is 6.20. The number of nitro groups is 1. The average Bonchev–Trinajstić information content (AvgIpc) is 2.76. The summed E-state index contributed by atoms with van der Waals surface area (Å²) in [6.45, 7) is -0.805. The minimum absolute atomic E-state index is 0.0471. The Bertz CT molecular complexity index is 1070. The van der Waals surface area contributed by atoms with Crippen molar-refractivity contribution >= 4 is 46.8 Å². The predicted octanol–water partition coefficient (Wildman–Crippen LogP) is 2.62. The smallest absolute Gasteiger partial charge is 0.340 e. The number of carbonyl (C=O) groups is 4. The van der Waals surface area contributed by atoms with Crippen molar-refractivity contribution < 1.29 is 38.3 Å². The number of non-ortho nitro benzene ring substituents is 1. The number of nitrogens with zero attached hydrogens (tertiary/aromatic N) is 1. The Kier molecular flexibility index (Phi) is 7.64. The number of hydrogen-bond donors (Lipinski definition) is 1. The van der Waals surface area contributed by atoms with E-state index >= 15 is 0 Å². The molecule has 0 spiro atoms. The van der Waals surface area contributed by atoms with E-state index in [1.165, 1.54) is 18.2 Å². The van der Waals surface area contributed by atoms with Crippen LogP contribution in [0.15, 0.2) is 36.4 Å². The Morgan fingerprint density at radius 2 is 1.65 bits per heavy atom. The van der Waals surface area contributed by atoms with Crippen LogP contribution in [0.1, 0.15) is 31.1 Å². The summed E-state index contributed by atoms with van der Waals surface area (Å²) in [6, 6.07) is 6.92. The van der Waals surface area contributed by atoms with E-state index in [4.69, 9.17) is 16.3 Å². The summed E-state index contributed by atoms with van der Waals surface area (Å²) in [5.41, 5.74) is -0.777. The van der Waals surface area contributed by atoms with Crippen LogP contribution in [0.25, 0.3) is 0 Å². The molecule has 0 saturated heterocycles. The van der Waals surface area contributed by atoms with Gasteiger partial charge in [0.25, 0.3) is 11.6 Å². The minimum atomic E-state index is -1.07. The van der Waals surface area contributed by atoms with Crippen LogP contribution in [0.2, 0.25) is 5.02 Å². The van der Waals surface area contributed by atoms with Crippen molar-refractivity contribution in [3.8, 4) is 0 Å². The Morgan fingerprint density at radius 3 is 2.26 bits per heavy atom. The zero-order valence-electron chi connectivity index (χ0n) is 16.2. The maximum atomic E-state index is 12.2. The monoisotopic (exact) mass is 450 g/mol. The lowest BCUT2D eigenvalue weighted by molar-refractivity contribution is -0.384. The highest BCUT2D eigenvalue weighted by Gasteiger charge is 2.20. The lowest BCUT2D eigenvalue weighted by Crippen LogP contribution is -2.23. The zero-order chi connectivity index (χ0) is 23.1. The van der Waals surface area contributed by atoms with Crippen molar-refractivity contribution in [2.45, 2.75) is 0 Å². The van der Waals surface area contributed by atoms with Crippen molar-refractivity contribution in [3.05, 3.63) is 68.2 Å². The Hall–Kier alpha value is -3.99. The minimum Gasteiger partial charge on any atom is -0.465 e. The molecule has 2 rings (SSSR count). The van der Waals surface area contributed by atoms with Gasteiger partial charge in [-0.15, -0.1) is 0 Å². The summed E-state index contributed by atoms with van der Waals surface area (Å²) in [4.78, 5) is 58.1. The number of rotatable bonds is 7. The fraction of sp³-hybridized carbons (Fsp3) is 0.158. The van der Waals surface area contributed by atoms with Crippen molar-refractivity contribution in [1.82, 2.24) is 0 Å².